The molecule has 2 N–H and O–H groups in total. The Kier molecular flexibility index (Phi) is 7.17. The summed E-state index contributed by atoms with van der Waals surface area (Å²) in [4.78, 5) is 24.0. The van der Waals surface area contributed by atoms with E-state index in [1.54, 1.807) is 23.6 Å². The van der Waals surface area contributed by atoms with E-state index in [9.17, 15) is 18.0 Å². The van der Waals surface area contributed by atoms with Crippen LogP contribution >= 0.6 is 22.7 Å². The summed E-state index contributed by atoms with van der Waals surface area (Å²) in [6, 6.07) is 6.51. The lowest BCUT2D eigenvalue weighted by Crippen LogP contribution is -2.43. The predicted octanol–water partition coefficient (Wildman–Crippen LogP) is 4.99. The second-order valence-electron chi connectivity index (χ2n) is 8.54. The Morgan fingerprint density at radius 3 is 2.69 bits per heavy atom. The fourth-order valence-electron chi connectivity index (χ4n) is 5.04. The molecular formula is C23H27NO5S3. The van der Waals surface area contributed by atoms with Crippen LogP contribution < -0.4 is 5.32 Å². The van der Waals surface area contributed by atoms with Gasteiger partial charge in [-0.1, -0.05) is 18.2 Å². The fourth-order valence-corrected chi connectivity index (χ4v) is 8.91. The van der Waals surface area contributed by atoms with Crippen LogP contribution in [0.25, 0.3) is 0 Å². The van der Waals surface area contributed by atoms with Crippen LogP contribution in [0.2, 0.25) is 0 Å². The molecule has 4 unspecified atom stereocenters. The van der Waals surface area contributed by atoms with Gasteiger partial charge in [0.05, 0.1) is 4.88 Å². The third-order valence-corrected chi connectivity index (χ3v) is 11.3. The SMILES string of the molecule is O=C(O)CCC/C=C/CC1C2CCC(C2)C1NC(=O)c1ccc(S(=O)(=O)c2cccs2)s1. The summed E-state index contributed by atoms with van der Waals surface area (Å²) in [5, 5.41) is 13.7. The highest BCUT2D eigenvalue weighted by atomic mass is 32.3. The molecule has 32 heavy (non-hydrogen) atoms. The van der Waals surface area contributed by atoms with Gasteiger partial charge in [0.25, 0.3) is 5.91 Å². The number of carbonyl (C=O) groups excluding carboxylic acids is 1. The third kappa shape index (κ3) is 5.00. The molecule has 2 aromatic rings. The number of hydrogen-bond acceptors (Lipinski definition) is 6. The monoisotopic (exact) mass is 493 g/mol. The number of sulfone groups is 1. The van der Waals surface area contributed by atoms with Crippen molar-refractivity contribution in [2.75, 3.05) is 0 Å². The van der Waals surface area contributed by atoms with Gasteiger partial charge in [0.15, 0.2) is 0 Å². The summed E-state index contributed by atoms with van der Waals surface area (Å²) in [7, 11) is -3.57. The van der Waals surface area contributed by atoms with Crippen molar-refractivity contribution in [3.63, 3.8) is 0 Å². The van der Waals surface area contributed by atoms with Crippen LogP contribution in [0.3, 0.4) is 0 Å². The number of amides is 1. The molecule has 2 fully saturated rings. The van der Waals surface area contributed by atoms with Crippen molar-refractivity contribution in [1.82, 2.24) is 5.32 Å². The standard InChI is InChI=1S/C23H27NO5S3/c25-19(26)7-4-2-1-3-6-17-15-9-10-16(14-15)22(17)24-23(27)18-11-12-21(31-18)32(28,29)20-8-5-13-30-20/h1,3,5,8,11-13,15-17,22H,2,4,6-7,9-10,14H2,(H,24,27)(H,25,26)/b3-1+. The maximum absolute atomic E-state index is 13.0. The van der Waals surface area contributed by atoms with E-state index < -0.39 is 15.8 Å². The molecular weight excluding hydrogens is 466 g/mol. The first kappa shape index (κ1) is 23.2. The van der Waals surface area contributed by atoms with Gasteiger partial charge in [-0.2, -0.15) is 0 Å². The lowest BCUT2D eigenvalue weighted by atomic mass is 9.82. The summed E-state index contributed by atoms with van der Waals surface area (Å²) in [5.74, 6) is 0.489. The highest BCUT2D eigenvalue weighted by molar-refractivity contribution is 7.95. The van der Waals surface area contributed by atoms with E-state index in [1.165, 1.54) is 23.8 Å². The van der Waals surface area contributed by atoms with Gasteiger partial charge in [-0.25, -0.2) is 8.42 Å². The number of thiophene rings is 2. The molecule has 0 aromatic carbocycles. The Labute approximate surface area is 196 Å². The molecule has 0 saturated heterocycles. The molecule has 9 heteroatoms. The zero-order valence-corrected chi connectivity index (χ0v) is 20.1. The Balaban J connectivity index is 1.38. The van der Waals surface area contributed by atoms with E-state index in [4.69, 9.17) is 5.11 Å². The molecule has 2 heterocycles. The lowest BCUT2D eigenvalue weighted by Gasteiger charge is -2.31. The van der Waals surface area contributed by atoms with Gasteiger partial charge < -0.3 is 10.4 Å². The number of carbonyl (C=O) groups is 2. The lowest BCUT2D eigenvalue weighted by molar-refractivity contribution is -0.137. The number of rotatable bonds is 10. The minimum absolute atomic E-state index is 0.101. The van der Waals surface area contributed by atoms with Crippen molar-refractivity contribution in [2.45, 2.75) is 59.4 Å². The summed E-state index contributed by atoms with van der Waals surface area (Å²) in [6.07, 6.45) is 10.1. The molecule has 2 aromatic heterocycles. The van der Waals surface area contributed by atoms with Crippen molar-refractivity contribution < 1.29 is 23.1 Å². The number of allylic oxidation sites excluding steroid dienone is 2. The van der Waals surface area contributed by atoms with E-state index in [0.717, 1.165) is 37.0 Å². The molecule has 2 aliphatic rings. The summed E-state index contributed by atoms with van der Waals surface area (Å²) >= 11 is 2.20. The van der Waals surface area contributed by atoms with Gasteiger partial charge in [-0.15, -0.1) is 22.7 Å². The Hall–Kier alpha value is -1.97. The summed E-state index contributed by atoms with van der Waals surface area (Å²) < 4.78 is 25.9. The average Bonchev–Trinajstić information content (AvgIpc) is 3.55. The fraction of sp³-hybridized carbons (Fsp3) is 0.478. The molecule has 2 saturated carbocycles. The van der Waals surface area contributed by atoms with Crippen LogP contribution in [0, 0.1) is 17.8 Å². The number of aliphatic carboxylic acids is 1. The smallest absolute Gasteiger partial charge is 0.303 e. The predicted molar refractivity (Wildman–Crippen MR) is 125 cm³/mol. The van der Waals surface area contributed by atoms with E-state index in [2.05, 4.69) is 17.5 Å². The molecule has 6 nitrogen and oxygen atoms in total. The van der Waals surface area contributed by atoms with Crippen LogP contribution in [-0.4, -0.2) is 31.4 Å². The zero-order chi connectivity index (χ0) is 22.7. The summed E-state index contributed by atoms with van der Waals surface area (Å²) in [6.45, 7) is 0. The van der Waals surface area contributed by atoms with Gasteiger partial charge >= 0.3 is 5.97 Å². The van der Waals surface area contributed by atoms with E-state index in [-0.39, 0.29) is 26.8 Å². The van der Waals surface area contributed by atoms with Crippen molar-refractivity contribution in [1.29, 1.82) is 0 Å². The maximum atomic E-state index is 13.0. The van der Waals surface area contributed by atoms with Crippen LogP contribution in [-0.2, 0) is 14.6 Å². The topological polar surface area (TPSA) is 101 Å². The molecule has 4 rings (SSSR count). The highest BCUT2D eigenvalue weighted by Gasteiger charge is 2.47. The largest absolute Gasteiger partial charge is 0.481 e. The van der Waals surface area contributed by atoms with Crippen molar-refractivity contribution in [3.8, 4) is 0 Å². The molecule has 172 valence electrons. The van der Waals surface area contributed by atoms with E-state index >= 15 is 0 Å². The first-order chi connectivity index (χ1) is 15.4. The van der Waals surface area contributed by atoms with Crippen LogP contribution in [0.1, 0.15) is 54.6 Å². The minimum atomic E-state index is -3.57. The normalized spacial score (nSPS) is 24.9. The molecule has 0 radical (unpaired) electrons. The molecule has 1 amide bonds. The zero-order valence-electron chi connectivity index (χ0n) is 17.6. The second-order valence-corrected chi connectivity index (χ2v) is 13.0. The highest BCUT2D eigenvalue weighted by Crippen LogP contribution is 2.50. The van der Waals surface area contributed by atoms with Gasteiger partial charge in [0.2, 0.25) is 9.84 Å². The number of hydrogen-bond donors (Lipinski definition) is 2. The van der Waals surface area contributed by atoms with Gasteiger partial charge in [-0.05, 0) is 79.9 Å². The molecule has 2 aliphatic carbocycles. The van der Waals surface area contributed by atoms with Gasteiger partial charge in [0, 0.05) is 12.5 Å². The molecule has 2 bridgehead atoms. The van der Waals surface area contributed by atoms with E-state index in [1.807, 2.05) is 0 Å². The van der Waals surface area contributed by atoms with Crippen molar-refractivity contribution in [3.05, 3.63) is 46.7 Å². The molecule has 4 atom stereocenters. The van der Waals surface area contributed by atoms with Crippen molar-refractivity contribution in [2.24, 2.45) is 17.8 Å². The number of fused-ring (bicyclic) bond motifs is 2. The first-order valence-corrected chi connectivity index (χ1v) is 14.1. The molecule has 0 spiro atoms. The van der Waals surface area contributed by atoms with Crippen LogP contribution in [0.5, 0.6) is 0 Å². The Bertz CT molecular complexity index is 1090. The van der Waals surface area contributed by atoms with Gasteiger partial charge in [0.1, 0.15) is 8.42 Å². The number of nitrogens with one attached hydrogen (secondary N) is 1. The number of carboxylic acids is 1. The van der Waals surface area contributed by atoms with Crippen molar-refractivity contribution >= 4 is 44.4 Å². The van der Waals surface area contributed by atoms with Crippen LogP contribution in [0.15, 0.2) is 50.2 Å². The first-order valence-electron chi connectivity index (χ1n) is 10.9. The van der Waals surface area contributed by atoms with Crippen LogP contribution in [0.4, 0.5) is 0 Å². The Morgan fingerprint density at radius 1 is 1.12 bits per heavy atom. The average molecular weight is 494 g/mol. The van der Waals surface area contributed by atoms with Gasteiger partial charge in [-0.3, -0.25) is 9.59 Å². The third-order valence-electron chi connectivity index (χ3n) is 6.55. The van der Waals surface area contributed by atoms with E-state index in [0.29, 0.717) is 29.1 Å². The number of carboxylic acid groups (broad SMARTS) is 1. The molecule has 0 aliphatic heterocycles. The minimum Gasteiger partial charge on any atom is -0.481 e. The Morgan fingerprint density at radius 2 is 1.94 bits per heavy atom. The maximum Gasteiger partial charge on any atom is 0.303 e. The summed E-state index contributed by atoms with van der Waals surface area (Å²) in [5.41, 5.74) is 0. The number of unbranched alkanes of at least 4 members (excludes halogenated alkanes) is 1. The second kappa shape index (κ2) is 9.89. The quantitative estimate of drug-likeness (QED) is 0.359.